The largest absolute Gasteiger partial charge is 0.341 e. The molecule has 3 aromatic rings. The molecule has 0 atom stereocenters. The molecule has 2 aromatic heterocycles. The first-order valence-electron chi connectivity index (χ1n) is 11.0. The maximum absolute atomic E-state index is 13.4. The van der Waals surface area contributed by atoms with Gasteiger partial charge in [0.2, 0.25) is 0 Å². The molecule has 1 amide bonds. The highest BCUT2D eigenvalue weighted by Crippen LogP contribution is 2.33. The number of aromatic nitrogens is 2. The zero-order valence-corrected chi connectivity index (χ0v) is 17.7. The fraction of sp³-hybridized carbons (Fsp3) is 0.417. The van der Waals surface area contributed by atoms with E-state index in [1.807, 2.05) is 0 Å². The summed E-state index contributed by atoms with van der Waals surface area (Å²) < 4.78 is 15.5. The van der Waals surface area contributed by atoms with Gasteiger partial charge in [0.25, 0.3) is 5.91 Å². The van der Waals surface area contributed by atoms with Crippen LogP contribution in [0.3, 0.4) is 0 Å². The number of benzene rings is 1. The van der Waals surface area contributed by atoms with Gasteiger partial charge in [0.05, 0.1) is 18.3 Å². The molecule has 5 rings (SSSR count). The van der Waals surface area contributed by atoms with Gasteiger partial charge in [0.1, 0.15) is 11.5 Å². The Balaban J connectivity index is 1.58. The van der Waals surface area contributed by atoms with Gasteiger partial charge >= 0.3 is 0 Å². The number of pyridine rings is 1. The topological polar surface area (TPSA) is 61.6 Å². The first-order chi connectivity index (χ1) is 15.0. The Morgan fingerprint density at radius 2 is 2.03 bits per heavy atom. The Morgan fingerprint density at radius 1 is 1.26 bits per heavy atom. The Bertz CT molecular complexity index is 1120. The van der Waals surface area contributed by atoms with Crippen molar-refractivity contribution in [1.82, 2.24) is 19.5 Å². The summed E-state index contributed by atoms with van der Waals surface area (Å²) in [5, 5.41) is 11.7. The summed E-state index contributed by atoms with van der Waals surface area (Å²) >= 11 is 0. The Morgan fingerprint density at radius 3 is 2.74 bits per heavy atom. The number of carbonyl (C=O) groups is 1. The van der Waals surface area contributed by atoms with Crippen molar-refractivity contribution in [2.45, 2.75) is 39.3 Å². The van der Waals surface area contributed by atoms with Gasteiger partial charge < -0.3 is 4.57 Å². The van der Waals surface area contributed by atoms with Crippen molar-refractivity contribution in [3.05, 3.63) is 64.9 Å². The van der Waals surface area contributed by atoms with Crippen LogP contribution in [-0.2, 0) is 19.5 Å². The van der Waals surface area contributed by atoms with Crippen LogP contribution in [-0.4, -0.2) is 50.3 Å². The lowest BCUT2D eigenvalue weighted by molar-refractivity contribution is -0.0606. The van der Waals surface area contributed by atoms with Gasteiger partial charge in [-0.05, 0) is 60.5 Å². The maximum Gasteiger partial charge on any atom is 0.296 e. The maximum atomic E-state index is 13.4. The molecule has 0 radical (unpaired) electrons. The zero-order valence-electron chi connectivity index (χ0n) is 17.7. The molecule has 0 unspecified atom stereocenters. The second kappa shape index (κ2) is 8.05. The van der Waals surface area contributed by atoms with Crippen molar-refractivity contribution >= 4 is 16.8 Å². The second-order valence-corrected chi connectivity index (χ2v) is 8.70. The van der Waals surface area contributed by atoms with E-state index in [9.17, 15) is 14.4 Å². The third kappa shape index (κ3) is 3.95. The Kier molecular flexibility index (Phi) is 5.24. The van der Waals surface area contributed by atoms with E-state index >= 15 is 0 Å². The van der Waals surface area contributed by atoms with Crippen molar-refractivity contribution in [3.63, 3.8) is 0 Å². The van der Waals surface area contributed by atoms with Gasteiger partial charge in [-0.2, -0.15) is 0 Å². The van der Waals surface area contributed by atoms with Gasteiger partial charge in [0.15, 0.2) is 0 Å². The van der Waals surface area contributed by atoms with E-state index < -0.39 is 5.91 Å². The molecule has 1 fully saturated rings. The molecule has 3 heterocycles. The third-order valence-electron chi connectivity index (χ3n) is 6.43. The lowest BCUT2D eigenvalue weighted by Gasteiger charge is -2.24. The van der Waals surface area contributed by atoms with Crippen LogP contribution in [0, 0.1) is 11.7 Å². The van der Waals surface area contributed by atoms with Crippen LogP contribution in [0.15, 0.2) is 36.7 Å². The molecule has 1 saturated carbocycles. The van der Waals surface area contributed by atoms with Crippen LogP contribution >= 0.6 is 0 Å². The smallest absolute Gasteiger partial charge is 0.296 e. The minimum absolute atomic E-state index is 0.247. The molecule has 31 heavy (non-hydrogen) atoms. The molecule has 0 spiro atoms. The van der Waals surface area contributed by atoms with Gasteiger partial charge in [-0.3, -0.25) is 14.9 Å². The lowest BCUT2D eigenvalue weighted by atomic mass is 9.99. The normalized spacial score (nSPS) is 16.4. The fourth-order valence-electron chi connectivity index (χ4n) is 4.56. The van der Waals surface area contributed by atoms with Crippen molar-refractivity contribution in [2.75, 3.05) is 19.6 Å². The van der Waals surface area contributed by atoms with Crippen LogP contribution < -0.4 is 0 Å². The van der Waals surface area contributed by atoms with Crippen LogP contribution in [0.1, 0.15) is 46.9 Å². The number of hydrogen-bond acceptors (Lipinski definition) is 4. The summed E-state index contributed by atoms with van der Waals surface area (Å²) in [6, 6.07) is 6.55. The molecule has 162 valence electrons. The Labute approximate surface area is 180 Å². The van der Waals surface area contributed by atoms with E-state index in [1.54, 1.807) is 18.3 Å². The predicted molar refractivity (Wildman–Crippen MR) is 115 cm³/mol. The summed E-state index contributed by atoms with van der Waals surface area (Å²) in [5.74, 6) is 0.113. The van der Waals surface area contributed by atoms with Crippen LogP contribution in [0.5, 0.6) is 0 Å². The van der Waals surface area contributed by atoms with Crippen LogP contribution in [0.4, 0.5) is 4.39 Å². The molecule has 1 aromatic carbocycles. The molecule has 0 saturated heterocycles. The summed E-state index contributed by atoms with van der Waals surface area (Å²) in [6.07, 6.45) is 7.08. The molecule has 7 heteroatoms. The molecular weight excluding hydrogens is 395 g/mol. The molecule has 1 N–H and O–H groups in total. The van der Waals surface area contributed by atoms with Gasteiger partial charge in [-0.15, -0.1) is 0 Å². The molecule has 6 nitrogen and oxygen atoms in total. The van der Waals surface area contributed by atoms with Gasteiger partial charge in [-0.1, -0.05) is 19.1 Å². The molecular formula is C24H27FN4O2. The summed E-state index contributed by atoms with van der Waals surface area (Å²) in [4.78, 5) is 19.4. The molecule has 1 aliphatic heterocycles. The van der Waals surface area contributed by atoms with Gasteiger partial charge in [-0.25, -0.2) is 14.4 Å². The summed E-state index contributed by atoms with van der Waals surface area (Å²) in [6.45, 7) is 5.94. The average molecular weight is 423 g/mol. The third-order valence-corrected chi connectivity index (χ3v) is 6.43. The monoisotopic (exact) mass is 422 g/mol. The predicted octanol–water partition coefficient (Wildman–Crippen LogP) is 3.84. The highest BCUT2D eigenvalue weighted by Gasteiger charge is 2.29. The van der Waals surface area contributed by atoms with Crippen molar-refractivity contribution in [2.24, 2.45) is 5.92 Å². The van der Waals surface area contributed by atoms with Crippen molar-refractivity contribution < 1.29 is 14.4 Å². The number of rotatable bonds is 7. The quantitative estimate of drug-likeness (QED) is 0.588. The van der Waals surface area contributed by atoms with E-state index in [0.717, 1.165) is 52.6 Å². The first-order valence-corrected chi connectivity index (χ1v) is 11.0. The highest BCUT2D eigenvalue weighted by atomic mass is 19.1. The Hall–Kier alpha value is -2.77. The minimum atomic E-state index is -0.439. The summed E-state index contributed by atoms with van der Waals surface area (Å²) in [5.41, 5.74) is 4.41. The van der Waals surface area contributed by atoms with Crippen molar-refractivity contribution in [3.8, 4) is 0 Å². The SMILES string of the molecule is CCN(Cc1cn(Cc2ccc(F)cc2)c2cnc3c(c12)CCN(O)C3=O)CC1CC1. The fourth-order valence-corrected chi connectivity index (χ4v) is 4.56. The number of nitrogens with zero attached hydrogens (tertiary/aromatic N) is 4. The highest BCUT2D eigenvalue weighted by molar-refractivity contribution is 6.00. The van der Waals surface area contributed by atoms with E-state index in [1.165, 1.54) is 30.5 Å². The lowest BCUT2D eigenvalue weighted by Crippen LogP contribution is -2.35. The molecule has 0 bridgehead atoms. The van der Waals surface area contributed by atoms with Crippen LogP contribution in [0.25, 0.3) is 10.9 Å². The van der Waals surface area contributed by atoms with Gasteiger partial charge in [0, 0.05) is 31.2 Å². The molecule has 1 aliphatic carbocycles. The summed E-state index contributed by atoms with van der Waals surface area (Å²) in [7, 11) is 0. The number of halogens is 1. The average Bonchev–Trinajstić information content (AvgIpc) is 3.53. The standard InChI is InChI=1S/C24H27FN4O2/c1-2-27(12-16-3-4-16)14-18-15-28(13-17-5-7-19(25)8-6-17)21-11-26-23-20(22(18)21)9-10-29(31)24(23)30/h5-8,11,15-16,31H,2-4,9-10,12-14H2,1H3. The number of hydroxylamine groups is 2. The molecule has 2 aliphatic rings. The second-order valence-electron chi connectivity index (χ2n) is 8.70. The van der Waals surface area contributed by atoms with E-state index in [4.69, 9.17) is 0 Å². The number of hydrogen-bond donors (Lipinski definition) is 1. The van der Waals surface area contributed by atoms with Crippen LogP contribution in [0.2, 0.25) is 0 Å². The zero-order chi connectivity index (χ0) is 21.5. The van der Waals surface area contributed by atoms with E-state index in [2.05, 4.69) is 27.6 Å². The van der Waals surface area contributed by atoms with E-state index in [0.29, 0.717) is 18.7 Å². The number of amides is 1. The minimum Gasteiger partial charge on any atom is -0.341 e. The number of fused-ring (bicyclic) bond motifs is 3. The van der Waals surface area contributed by atoms with E-state index in [-0.39, 0.29) is 12.4 Å². The van der Waals surface area contributed by atoms with Crippen molar-refractivity contribution in [1.29, 1.82) is 0 Å². The first kappa shape index (κ1) is 20.2. The number of carbonyl (C=O) groups excluding carboxylic acids is 1.